The molecule has 1 aromatic rings. The van der Waals surface area contributed by atoms with Crippen LogP contribution in [0.4, 0.5) is 0 Å². The highest BCUT2D eigenvalue weighted by atomic mass is 16.1. The Bertz CT molecular complexity index is 467. The second-order valence-electron chi connectivity index (χ2n) is 5.72. The third kappa shape index (κ3) is 4.16. The average Bonchev–Trinajstić information content (AvgIpc) is 2.49. The van der Waals surface area contributed by atoms with Crippen molar-refractivity contribution in [2.45, 2.75) is 38.5 Å². The number of hydrogen-bond acceptors (Lipinski definition) is 2. The molecular formula is C18H22O2. The number of benzene rings is 1. The number of rotatable bonds is 6. The zero-order valence-electron chi connectivity index (χ0n) is 11.9. The van der Waals surface area contributed by atoms with E-state index in [9.17, 15) is 9.59 Å². The molecule has 20 heavy (non-hydrogen) atoms. The van der Waals surface area contributed by atoms with Crippen LogP contribution in [0.5, 0.6) is 0 Å². The molecule has 2 heteroatoms. The van der Waals surface area contributed by atoms with Gasteiger partial charge >= 0.3 is 0 Å². The molecule has 0 N–H and O–H groups in total. The summed E-state index contributed by atoms with van der Waals surface area (Å²) in [5, 5.41) is 0. The average molecular weight is 270 g/mol. The first kappa shape index (κ1) is 14.7. The van der Waals surface area contributed by atoms with Crippen LogP contribution < -0.4 is 0 Å². The third-order valence-electron chi connectivity index (χ3n) is 4.24. The Balaban J connectivity index is 1.80. The molecule has 1 aliphatic carbocycles. The second kappa shape index (κ2) is 7.18. The first-order chi connectivity index (χ1) is 9.69. The first-order valence-corrected chi connectivity index (χ1v) is 7.41. The van der Waals surface area contributed by atoms with Gasteiger partial charge in [-0.15, -0.1) is 0 Å². The van der Waals surface area contributed by atoms with Gasteiger partial charge in [0.05, 0.1) is 0 Å². The molecule has 0 unspecified atom stereocenters. The van der Waals surface area contributed by atoms with Crippen molar-refractivity contribution in [3.05, 3.63) is 48.6 Å². The molecule has 1 aliphatic rings. The zero-order chi connectivity index (χ0) is 14.4. The predicted molar refractivity (Wildman–Crippen MR) is 80.4 cm³/mol. The molecule has 1 aromatic carbocycles. The lowest BCUT2D eigenvalue weighted by Crippen LogP contribution is -2.24. The van der Waals surface area contributed by atoms with Gasteiger partial charge in [-0.05, 0) is 43.2 Å². The van der Waals surface area contributed by atoms with E-state index in [4.69, 9.17) is 0 Å². The van der Waals surface area contributed by atoms with Crippen LogP contribution in [0.3, 0.4) is 0 Å². The van der Waals surface area contributed by atoms with Crippen molar-refractivity contribution in [3.8, 4) is 0 Å². The van der Waals surface area contributed by atoms with Gasteiger partial charge in [0, 0.05) is 18.8 Å². The first-order valence-electron chi connectivity index (χ1n) is 7.41. The van der Waals surface area contributed by atoms with Gasteiger partial charge in [0.2, 0.25) is 0 Å². The molecule has 1 fully saturated rings. The van der Waals surface area contributed by atoms with Gasteiger partial charge in [-0.1, -0.05) is 36.9 Å². The summed E-state index contributed by atoms with van der Waals surface area (Å²) in [5.41, 5.74) is 1.10. The predicted octanol–water partition coefficient (Wildman–Crippen LogP) is 3.75. The minimum atomic E-state index is 0.129. The Kier molecular flexibility index (Phi) is 5.28. The minimum Gasteiger partial charge on any atom is -0.299 e. The normalized spacial score (nSPS) is 22.2. The van der Waals surface area contributed by atoms with E-state index in [1.54, 1.807) is 0 Å². The zero-order valence-corrected chi connectivity index (χ0v) is 11.9. The van der Waals surface area contributed by atoms with Crippen molar-refractivity contribution >= 4 is 11.6 Å². The Morgan fingerprint density at radius 3 is 2.35 bits per heavy atom. The Hall–Kier alpha value is -1.70. The number of Topliss-reactive ketones (excluding diaryl/α,β-unsaturated/α-hetero) is 1. The monoisotopic (exact) mass is 270 g/mol. The van der Waals surface area contributed by atoms with Crippen LogP contribution in [-0.4, -0.2) is 11.6 Å². The molecule has 0 bridgehead atoms. The molecular weight excluding hydrogens is 248 g/mol. The van der Waals surface area contributed by atoms with Gasteiger partial charge < -0.3 is 0 Å². The Labute approximate surface area is 120 Å². The molecule has 106 valence electrons. The standard InChI is InChI=1S/C18H22O2/c1-2-17(19)12-15-8-10-16(11-9-15)18(20)13-14-6-4-3-5-7-14/h2-7,15-16H,1,8-13H2. The van der Waals surface area contributed by atoms with Crippen LogP contribution in [0.25, 0.3) is 0 Å². The van der Waals surface area contributed by atoms with E-state index in [-0.39, 0.29) is 11.7 Å². The molecule has 0 spiro atoms. The third-order valence-corrected chi connectivity index (χ3v) is 4.24. The van der Waals surface area contributed by atoms with E-state index >= 15 is 0 Å². The molecule has 0 heterocycles. The summed E-state index contributed by atoms with van der Waals surface area (Å²) in [6.45, 7) is 3.51. The quantitative estimate of drug-likeness (QED) is 0.738. The topological polar surface area (TPSA) is 34.1 Å². The maximum atomic E-state index is 12.3. The van der Waals surface area contributed by atoms with Gasteiger partial charge in [-0.3, -0.25) is 9.59 Å². The molecule has 0 amide bonds. The summed E-state index contributed by atoms with van der Waals surface area (Å²) in [7, 11) is 0. The molecule has 2 nitrogen and oxygen atoms in total. The van der Waals surface area contributed by atoms with Crippen molar-refractivity contribution in [1.82, 2.24) is 0 Å². The minimum absolute atomic E-state index is 0.129. The van der Waals surface area contributed by atoms with Crippen LogP contribution in [0, 0.1) is 11.8 Å². The van der Waals surface area contributed by atoms with Gasteiger partial charge in [0.1, 0.15) is 5.78 Å². The van der Waals surface area contributed by atoms with Crippen LogP contribution in [0.15, 0.2) is 43.0 Å². The van der Waals surface area contributed by atoms with Crippen molar-refractivity contribution in [3.63, 3.8) is 0 Å². The van der Waals surface area contributed by atoms with Crippen LogP contribution in [-0.2, 0) is 16.0 Å². The van der Waals surface area contributed by atoms with E-state index in [1.165, 1.54) is 6.08 Å². The molecule has 0 saturated heterocycles. The van der Waals surface area contributed by atoms with Crippen molar-refractivity contribution in [1.29, 1.82) is 0 Å². The number of carbonyl (C=O) groups excluding carboxylic acids is 2. The van der Waals surface area contributed by atoms with E-state index in [0.29, 0.717) is 24.5 Å². The maximum absolute atomic E-state index is 12.3. The second-order valence-corrected chi connectivity index (χ2v) is 5.72. The largest absolute Gasteiger partial charge is 0.299 e. The molecule has 0 aromatic heterocycles. The summed E-state index contributed by atoms with van der Waals surface area (Å²) in [4.78, 5) is 23.6. The van der Waals surface area contributed by atoms with Gasteiger partial charge in [0.15, 0.2) is 5.78 Å². The van der Waals surface area contributed by atoms with Gasteiger partial charge in [-0.25, -0.2) is 0 Å². The van der Waals surface area contributed by atoms with Crippen LogP contribution >= 0.6 is 0 Å². The Morgan fingerprint density at radius 1 is 1.10 bits per heavy atom. The summed E-state index contributed by atoms with van der Waals surface area (Å²) >= 11 is 0. The number of ketones is 2. The van der Waals surface area contributed by atoms with E-state index < -0.39 is 0 Å². The molecule has 2 rings (SSSR count). The Morgan fingerprint density at radius 2 is 1.75 bits per heavy atom. The summed E-state index contributed by atoms with van der Waals surface area (Å²) in [5.74, 6) is 1.11. The highest BCUT2D eigenvalue weighted by Crippen LogP contribution is 2.32. The van der Waals surface area contributed by atoms with Gasteiger partial charge in [0.25, 0.3) is 0 Å². The summed E-state index contributed by atoms with van der Waals surface area (Å²) in [6.07, 6.45) is 6.40. The van der Waals surface area contributed by atoms with Crippen molar-refractivity contribution in [2.24, 2.45) is 11.8 Å². The highest BCUT2D eigenvalue weighted by molar-refractivity contribution is 5.89. The van der Waals surface area contributed by atoms with Crippen LogP contribution in [0.2, 0.25) is 0 Å². The number of carbonyl (C=O) groups is 2. The van der Waals surface area contributed by atoms with E-state index in [2.05, 4.69) is 6.58 Å². The maximum Gasteiger partial charge on any atom is 0.155 e. The molecule has 0 radical (unpaired) electrons. The molecule has 0 aliphatic heterocycles. The number of allylic oxidation sites excluding steroid dienone is 1. The van der Waals surface area contributed by atoms with Crippen molar-refractivity contribution in [2.75, 3.05) is 0 Å². The van der Waals surface area contributed by atoms with Crippen LogP contribution in [0.1, 0.15) is 37.7 Å². The lowest BCUT2D eigenvalue weighted by atomic mass is 9.77. The summed E-state index contributed by atoms with van der Waals surface area (Å²) in [6, 6.07) is 9.93. The van der Waals surface area contributed by atoms with E-state index in [1.807, 2.05) is 30.3 Å². The van der Waals surface area contributed by atoms with Crippen molar-refractivity contribution < 1.29 is 9.59 Å². The SMILES string of the molecule is C=CC(=O)CC1CCC(C(=O)Cc2ccccc2)CC1. The lowest BCUT2D eigenvalue weighted by molar-refractivity contribution is -0.123. The summed E-state index contributed by atoms with van der Waals surface area (Å²) < 4.78 is 0. The fourth-order valence-corrected chi connectivity index (χ4v) is 3.00. The number of hydrogen-bond donors (Lipinski definition) is 0. The fraction of sp³-hybridized carbons (Fsp3) is 0.444. The fourth-order valence-electron chi connectivity index (χ4n) is 3.00. The smallest absolute Gasteiger partial charge is 0.155 e. The van der Waals surface area contributed by atoms with Gasteiger partial charge in [-0.2, -0.15) is 0 Å². The van der Waals surface area contributed by atoms with E-state index in [0.717, 1.165) is 31.2 Å². The lowest BCUT2D eigenvalue weighted by Gasteiger charge is -2.27. The highest BCUT2D eigenvalue weighted by Gasteiger charge is 2.26. The molecule has 0 atom stereocenters. The molecule has 1 saturated carbocycles.